The van der Waals surface area contributed by atoms with Gasteiger partial charge in [0.25, 0.3) is 0 Å². The maximum absolute atomic E-state index is 5.89. The van der Waals surface area contributed by atoms with E-state index >= 15 is 0 Å². The Bertz CT molecular complexity index is 131. The molecule has 0 heterocycles. The topological polar surface area (TPSA) is 26.0 Å². The quantitative estimate of drug-likeness (QED) is 0.605. The summed E-state index contributed by atoms with van der Waals surface area (Å²) in [4.78, 5) is 0. The minimum Gasteiger partial charge on any atom is -0.324 e. The molecule has 64 valence electrons. The number of nitrogens with two attached hydrogens (primary N) is 1. The monoisotopic (exact) mass is 153 g/mol. The Morgan fingerprint density at radius 3 is 2.82 bits per heavy atom. The van der Waals surface area contributed by atoms with E-state index in [1.807, 2.05) is 6.08 Å². The van der Waals surface area contributed by atoms with Crippen molar-refractivity contribution < 1.29 is 0 Å². The van der Waals surface area contributed by atoms with E-state index in [0.29, 0.717) is 5.92 Å². The number of hydrogen-bond donors (Lipinski definition) is 1. The van der Waals surface area contributed by atoms with Crippen molar-refractivity contribution in [3.8, 4) is 0 Å². The fourth-order valence-corrected chi connectivity index (χ4v) is 2.02. The van der Waals surface area contributed by atoms with Gasteiger partial charge in [-0.15, -0.1) is 6.58 Å². The Kier molecular flexibility index (Phi) is 3.13. The molecule has 3 atom stereocenters. The van der Waals surface area contributed by atoms with Crippen molar-refractivity contribution >= 4 is 0 Å². The first-order valence-corrected chi connectivity index (χ1v) is 4.62. The smallest absolute Gasteiger partial charge is 0.0249 e. The van der Waals surface area contributed by atoms with Crippen LogP contribution in [0, 0.1) is 11.8 Å². The summed E-state index contributed by atoms with van der Waals surface area (Å²) in [7, 11) is 0. The largest absolute Gasteiger partial charge is 0.324 e. The minimum atomic E-state index is 0.234. The van der Waals surface area contributed by atoms with Crippen LogP contribution < -0.4 is 5.73 Å². The first kappa shape index (κ1) is 8.79. The Morgan fingerprint density at radius 2 is 2.27 bits per heavy atom. The molecule has 0 amide bonds. The summed E-state index contributed by atoms with van der Waals surface area (Å²) in [5.41, 5.74) is 5.89. The van der Waals surface area contributed by atoms with Crippen molar-refractivity contribution in [1.29, 1.82) is 0 Å². The van der Waals surface area contributed by atoms with E-state index in [-0.39, 0.29) is 6.04 Å². The van der Waals surface area contributed by atoms with E-state index in [9.17, 15) is 0 Å². The van der Waals surface area contributed by atoms with Crippen molar-refractivity contribution in [2.24, 2.45) is 17.6 Å². The van der Waals surface area contributed by atoms with Gasteiger partial charge in [0.05, 0.1) is 0 Å². The van der Waals surface area contributed by atoms with E-state index in [1.54, 1.807) is 0 Å². The molecule has 0 radical (unpaired) electrons. The standard InChI is InChI=1S/C10H19N/c1-3-10(11)9-6-4-5-8(2)7-9/h3,8-10H,1,4-7,11H2,2H3. The first-order chi connectivity index (χ1) is 5.24. The highest BCUT2D eigenvalue weighted by Crippen LogP contribution is 2.30. The molecule has 0 saturated heterocycles. The molecule has 1 fully saturated rings. The Morgan fingerprint density at radius 1 is 1.55 bits per heavy atom. The second kappa shape index (κ2) is 3.91. The zero-order valence-corrected chi connectivity index (χ0v) is 7.42. The lowest BCUT2D eigenvalue weighted by Crippen LogP contribution is -2.31. The molecule has 2 N–H and O–H groups in total. The van der Waals surface area contributed by atoms with Gasteiger partial charge in [0, 0.05) is 6.04 Å². The van der Waals surface area contributed by atoms with E-state index in [4.69, 9.17) is 5.73 Å². The predicted octanol–water partition coefficient (Wildman–Crippen LogP) is 2.33. The van der Waals surface area contributed by atoms with Gasteiger partial charge in [-0.2, -0.15) is 0 Å². The molecule has 1 nitrogen and oxygen atoms in total. The number of rotatable bonds is 2. The summed E-state index contributed by atoms with van der Waals surface area (Å²) < 4.78 is 0. The molecule has 0 bridgehead atoms. The van der Waals surface area contributed by atoms with Crippen LogP contribution in [-0.4, -0.2) is 6.04 Å². The van der Waals surface area contributed by atoms with Gasteiger partial charge >= 0.3 is 0 Å². The van der Waals surface area contributed by atoms with Gasteiger partial charge in [0.1, 0.15) is 0 Å². The fourth-order valence-electron chi connectivity index (χ4n) is 2.02. The lowest BCUT2D eigenvalue weighted by atomic mass is 9.79. The summed E-state index contributed by atoms with van der Waals surface area (Å²) in [6.45, 7) is 6.06. The Labute approximate surface area is 69.7 Å². The maximum atomic E-state index is 5.89. The summed E-state index contributed by atoms with van der Waals surface area (Å²) in [6.07, 6.45) is 7.24. The zero-order valence-electron chi connectivity index (χ0n) is 7.42. The van der Waals surface area contributed by atoms with Gasteiger partial charge < -0.3 is 5.73 Å². The summed E-state index contributed by atoms with van der Waals surface area (Å²) in [5.74, 6) is 1.58. The van der Waals surface area contributed by atoms with E-state index in [0.717, 1.165) is 5.92 Å². The van der Waals surface area contributed by atoms with Gasteiger partial charge in [0.2, 0.25) is 0 Å². The van der Waals surface area contributed by atoms with Crippen molar-refractivity contribution in [1.82, 2.24) is 0 Å². The third kappa shape index (κ3) is 2.33. The Balaban J connectivity index is 2.38. The average molecular weight is 153 g/mol. The third-order valence-corrected chi connectivity index (χ3v) is 2.79. The highest BCUT2D eigenvalue weighted by molar-refractivity contribution is 4.90. The van der Waals surface area contributed by atoms with Crippen molar-refractivity contribution in [3.05, 3.63) is 12.7 Å². The van der Waals surface area contributed by atoms with E-state index in [2.05, 4.69) is 13.5 Å². The lowest BCUT2D eigenvalue weighted by Gasteiger charge is -2.29. The molecule has 1 aliphatic rings. The normalized spacial score (nSPS) is 34.7. The van der Waals surface area contributed by atoms with Gasteiger partial charge in [-0.05, 0) is 24.7 Å². The molecular weight excluding hydrogens is 134 g/mol. The zero-order chi connectivity index (χ0) is 8.27. The molecule has 1 heteroatoms. The minimum absolute atomic E-state index is 0.234. The van der Waals surface area contributed by atoms with Crippen molar-refractivity contribution in [2.45, 2.75) is 38.6 Å². The molecule has 1 saturated carbocycles. The van der Waals surface area contributed by atoms with Crippen LogP contribution in [0.2, 0.25) is 0 Å². The molecule has 1 rings (SSSR count). The second-order valence-corrected chi connectivity index (χ2v) is 3.84. The van der Waals surface area contributed by atoms with Crippen LogP contribution in [0.3, 0.4) is 0 Å². The van der Waals surface area contributed by atoms with Crippen LogP contribution in [0.5, 0.6) is 0 Å². The molecule has 11 heavy (non-hydrogen) atoms. The van der Waals surface area contributed by atoms with Gasteiger partial charge in [-0.25, -0.2) is 0 Å². The second-order valence-electron chi connectivity index (χ2n) is 3.84. The van der Waals surface area contributed by atoms with Crippen LogP contribution in [0.1, 0.15) is 32.6 Å². The van der Waals surface area contributed by atoms with Crippen LogP contribution >= 0.6 is 0 Å². The fraction of sp³-hybridized carbons (Fsp3) is 0.800. The third-order valence-electron chi connectivity index (χ3n) is 2.79. The van der Waals surface area contributed by atoms with Gasteiger partial charge in [0.15, 0.2) is 0 Å². The molecule has 3 unspecified atom stereocenters. The molecule has 0 aromatic heterocycles. The molecular formula is C10H19N. The van der Waals surface area contributed by atoms with Crippen molar-refractivity contribution in [3.63, 3.8) is 0 Å². The SMILES string of the molecule is C=CC(N)C1CCCC(C)C1. The van der Waals surface area contributed by atoms with E-state index in [1.165, 1.54) is 25.7 Å². The molecule has 0 aliphatic heterocycles. The highest BCUT2D eigenvalue weighted by Gasteiger charge is 2.22. The summed E-state index contributed by atoms with van der Waals surface area (Å²) >= 11 is 0. The lowest BCUT2D eigenvalue weighted by molar-refractivity contribution is 0.265. The first-order valence-electron chi connectivity index (χ1n) is 4.62. The van der Waals surface area contributed by atoms with Crippen LogP contribution in [0.4, 0.5) is 0 Å². The summed E-state index contributed by atoms with van der Waals surface area (Å²) in [6, 6.07) is 0.234. The molecule has 0 aromatic rings. The van der Waals surface area contributed by atoms with E-state index < -0.39 is 0 Å². The maximum Gasteiger partial charge on any atom is 0.0249 e. The van der Waals surface area contributed by atoms with Gasteiger partial charge in [-0.1, -0.05) is 25.8 Å². The average Bonchev–Trinajstić information content (AvgIpc) is 2.03. The Hall–Kier alpha value is -0.300. The molecule has 0 spiro atoms. The predicted molar refractivity (Wildman–Crippen MR) is 49.3 cm³/mol. The highest BCUT2D eigenvalue weighted by atomic mass is 14.6. The van der Waals surface area contributed by atoms with Gasteiger partial charge in [-0.3, -0.25) is 0 Å². The number of hydrogen-bond acceptors (Lipinski definition) is 1. The van der Waals surface area contributed by atoms with Crippen molar-refractivity contribution in [2.75, 3.05) is 0 Å². The van der Waals surface area contributed by atoms with Crippen LogP contribution in [0.25, 0.3) is 0 Å². The molecule has 1 aliphatic carbocycles. The van der Waals surface area contributed by atoms with Crippen LogP contribution in [-0.2, 0) is 0 Å². The van der Waals surface area contributed by atoms with Crippen LogP contribution in [0.15, 0.2) is 12.7 Å². The summed E-state index contributed by atoms with van der Waals surface area (Å²) in [5, 5.41) is 0. The molecule has 0 aromatic carbocycles.